The van der Waals surface area contributed by atoms with Crippen LogP contribution < -0.4 is 5.73 Å². The van der Waals surface area contributed by atoms with Crippen molar-refractivity contribution < 1.29 is 4.79 Å². The molecular formula is C16H21ClN2OS. The fourth-order valence-electron chi connectivity index (χ4n) is 2.02. The Morgan fingerprint density at radius 1 is 1.24 bits per heavy atom. The Bertz CT molecular complexity index is 530. The maximum absolute atomic E-state index is 12.1. The molecule has 1 unspecified atom stereocenters. The standard InChI is InChI=1S/C16H20N2OS.ClH/c1-18(10-9-14-8-5-11-20-14)16(19)12-15(17)13-6-3-2-4-7-13;/h2-8,11,15H,9-10,12,17H2,1H3;1H. The zero-order valence-electron chi connectivity index (χ0n) is 12.1. The number of thiophene rings is 1. The molecule has 0 bridgehead atoms. The van der Waals surface area contributed by atoms with Crippen molar-refractivity contribution >= 4 is 29.7 Å². The van der Waals surface area contributed by atoms with Gasteiger partial charge in [0.05, 0.1) is 0 Å². The van der Waals surface area contributed by atoms with E-state index in [-0.39, 0.29) is 24.4 Å². The number of amides is 1. The van der Waals surface area contributed by atoms with Gasteiger partial charge in [-0.05, 0) is 23.4 Å². The first kappa shape index (κ1) is 17.7. The molecule has 114 valence electrons. The second-order valence-corrected chi connectivity index (χ2v) is 5.90. The van der Waals surface area contributed by atoms with Crippen LogP contribution in [0, 0.1) is 0 Å². The van der Waals surface area contributed by atoms with Crippen molar-refractivity contribution in [1.29, 1.82) is 0 Å². The summed E-state index contributed by atoms with van der Waals surface area (Å²) in [6, 6.07) is 13.7. The van der Waals surface area contributed by atoms with Crippen LogP contribution in [0.15, 0.2) is 47.8 Å². The molecular weight excluding hydrogens is 304 g/mol. The van der Waals surface area contributed by atoms with Gasteiger partial charge < -0.3 is 10.6 Å². The van der Waals surface area contributed by atoms with Crippen molar-refractivity contribution in [3.05, 3.63) is 58.3 Å². The molecule has 1 atom stereocenters. The van der Waals surface area contributed by atoms with Crippen LogP contribution in [0.1, 0.15) is 22.9 Å². The molecule has 0 saturated heterocycles. The number of hydrogen-bond donors (Lipinski definition) is 1. The van der Waals surface area contributed by atoms with Crippen LogP contribution in [0.5, 0.6) is 0 Å². The van der Waals surface area contributed by atoms with Crippen LogP contribution in [-0.4, -0.2) is 24.4 Å². The first-order chi connectivity index (χ1) is 9.66. The SMILES string of the molecule is CN(CCc1cccs1)C(=O)CC(N)c1ccccc1.Cl. The van der Waals surface area contributed by atoms with Gasteiger partial charge in [0.25, 0.3) is 0 Å². The summed E-state index contributed by atoms with van der Waals surface area (Å²) in [5, 5.41) is 2.06. The minimum Gasteiger partial charge on any atom is -0.345 e. The van der Waals surface area contributed by atoms with E-state index in [1.54, 1.807) is 16.2 Å². The summed E-state index contributed by atoms with van der Waals surface area (Å²) in [6.07, 6.45) is 1.26. The molecule has 21 heavy (non-hydrogen) atoms. The number of hydrogen-bond acceptors (Lipinski definition) is 3. The zero-order chi connectivity index (χ0) is 14.4. The Kier molecular flexibility index (Phi) is 7.43. The van der Waals surface area contributed by atoms with Gasteiger partial charge in [-0.25, -0.2) is 0 Å². The van der Waals surface area contributed by atoms with E-state index in [1.807, 2.05) is 43.4 Å². The third kappa shape index (κ3) is 5.50. The Labute approximate surface area is 136 Å². The average Bonchev–Trinajstić information content (AvgIpc) is 2.98. The van der Waals surface area contributed by atoms with Crippen LogP contribution in [0.3, 0.4) is 0 Å². The van der Waals surface area contributed by atoms with Crippen molar-refractivity contribution in [1.82, 2.24) is 4.90 Å². The highest BCUT2D eigenvalue weighted by Crippen LogP contribution is 2.15. The van der Waals surface area contributed by atoms with Crippen LogP contribution in [0.4, 0.5) is 0 Å². The van der Waals surface area contributed by atoms with E-state index in [2.05, 4.69) is 11.4 Å². The highest BCUT2D eigenvalue weighted by Gasteiger charge is 2.15. The van der Waals surface area contributed by atoms with E-state index >= 15 is 0 Å². The Balaban J connectivity index is 0.00000220. The lowest BCUT2D eigenvalue weighted by molar-refractivity contribution is -0.130. The normalized spacial score (nSPS) is 11.5. The second-order valence-electron chi connectivity index (χ2n) is 4.87. The lowest BCUT2D eigenvalue weighted by atomic mass is 10.0. The smallest absolute Gasteiger partial charge is 0.224 e. The maximum Gasteiger partial charge on any atom is 0.224 e. The van der Waals surface area contributed by atoms with E-state index in [9.17, 15) is 4.79 Å². The lowest BCUT2D eigenvalue weighted by Gasteiger charge is -2.19. The van der Waals surface area contributed by atoms with Gasteiger partial charge in [-0.2, -0.15) is 0 Å². The molecule has 1 heterocycles. The number of rotatable bonds is 6. The topological polar surface area (TPSA) is 46.3 Å². The number of benzene rings is 1. The highest BCUT2D eigenvalue weighted by molar-refractivity contribution is 7.09. The minimum atomic E-state index is -0.229. The number of nitrogens with zero attached hydrogens (tertiary/aromatic N) is 1. The summed E-state index contributed by atoms with van der Waals surface area (Å²) < 4.78 is 0. The molecule has 0 aliphatic rings. The molecule has 1 amide bonds. The zero-order valence-corrected chi connectivity index (χ0v) is 13.7. The molecule has 1 aromatic carbocycles. The summed E-state index contributed by atoms with van der Waals surface area (Å²) in [7, 11) is 1.84. The first-order valence-electron chi connectivity index (χ1n) is 6.73. The second kappa shape index (κ2) is 8.82. The van der Waals surface area contributed by atoms with Crippen molar-refractivity contribution in [2.75, 3.05) is 13.6 Å². The van der Waals surface area contributed by atoms with Crippen molar-refractivity contribution in [3.8, 4) is 0 Å². The predicted molar refractivity (Wildman–Crippen MR) is 90.9 cm³/mol. The molecule has 5 heteroatoms. The molecule has 2 N–H and O–H groups in total. The molecule has 3 nitrogen and oxygen atoms in total. The molecule has 0 fully saturated rings. The summed E-state index contributed by atoms with van der Waals surface area (Å²) >= 11 is 1.72. The largest absolute Gasteiger partial charge is 0.345 e. The molecule has 0 saturated carbocycles. The first-order valence-corrected chi connectivity index (χ1v) is 7.61. The Morgan fingerprint density at radius 3 is 2.57 bits per heavy atom. The van der Waals surface area contributed by atoms with Crippen molar-refractivity contribution in [2.45, 2.75) is 18.9 Å². The van der Waals surface area contributed by atoms with Gasteiger partial charge in [-0.3, -0.25) is 4.79 Å². The fraction of sp³-hybridized carbons (Fsp3) is 0.312. The van der Waals surface area contributed by atoms with Crippen molar-refractivity contribution in [2.24, 2.45) is 5.73 Å². The number of likely N-dealkylation sites (N-methyl/N-ethyl adjacent to an activating group) is 1. The molecule has 0 radical (unpaired) electrons. The van der Waals surface area contributed by atoms with Crippen molar-refractivity contribution in [3.63, 3.8) is 0 Å². The summed E-state index contributed by atoms with van der Waals surface area (Å²) in [4.78, 5) is 15.2. The Hall–Kier alpha value is -1.36. The van der Waals surface area contributed by atoms with E-state index in [0.717, 1.165) is 18.5 Å². The van der Waals surface area contributed by atoms with Crippen LogP contribution in [0.2, 0.25) is 0 Å². The predicted octanol–water partition coefficient (Wildman–Crippen LogP) is 3.26. The van der Waals surface area contributed by atoms with Gasteiger partial charge in [0, 0.05) is 30.9 Å². The van der Waals surface area contributed by atoms with E-state index in [0.29, 0.717) is 6.42 Å². The molecule has 0 aliphatic carbocycles. The van der Waals surface area contributed by atoms with E-state index in [4.69, 9.17) is 5.73 Å². The van der Waals surface area contributed by atoms with Gasteiger partial charge in [0.1, 0.15) is 0 Å². The Morgan fingerprint density at radius 2 is 1.95 bits per heavy atom. The number of carbonyl (C=O) groups excluding carboxylic acids is 1. The molecule has 2 aromatic rings. The van der Waals surface area contributed by atoms with E-state index < -0.39 is 0 Å². The van der Waals surface area contributed by atoms with Gasteiger partial charge in [-0.15, -0.1) is 23.7 Å². The molecule has 0 aliphatic heterocycles. The van der Waals surface area contributed by atoms with Gasteiger partial charge >= 0.3 is 0 Å². The number of nitrogens with two attached hydrogens (primary N) is 1. The lowest BCUT2D eigenvalue weighted by Crippen LogP contribution is -2.31. The number of halogens is 1. The van der Waals surface area contributed by atoms with Gasteiger partial charge in [0.15, 0.2) is 0 Å². The highest BCUT2D eigenvalue weighted by atomic mass is 35.5. The van der Waals surface area contributed by atoms with Gasteiger partial charge in [-0.1, -0.05) is 36.4 Å². The fourth-order valence-corrected chi connectivity index (χ4v) is 2.72. The summed E-state index contributed by atoms with van der Waals surface area (Å²) in [5.74, 6) is 0.0953. The van der Waals surface area contributed by atoms with Crippen LogP contribution >= 0.6 is 23.7 Å². The van der Waals surface area contributed by atoms with E-state index in [1.165, 1.54) is 4.88 Å². The third-order valence-corrected chi connectivity index (χ3v) is 4.26. The van der Waals surface area contributed by atoms with Crippen LogP contribution in [-0.2, 0) is 11.2 Å². The summed E-state index contributed by atoms with van der Waals surface area (Å²) in [6.45, 7) is 0.737. The summed E-state index contributed by atoms with van der Waals surface area (Å²) in [5.41, 5.74) is 7.09. The van der Waals surface area contributed by atoms with Gasteiger partial charge in [0.2, 0.25) is 5.91 Å². The monoisotopic (exact) mass is 324 g/mol. The molecule has 2 rings (SSSR count). The number of carbonyl (C=O) groups is 1. The minimum absolute atomic E-state index is 0. The maximum atomic E-state index is 12.1. The molecule has 1 aromatic heterocycles. The van der Waals surface area contributed by atoms with Crippen LogP contribution in [0.25, 0.3) is 0 Å². The molecule has 0 spiro atoms. The average molecular weight is 325 g/mol. The third-order valence-electron chi connectivity index (χ3n) is 3.32. The quantitative estimate of drug-likeness (QED) is 0.886.